The largest absolute Gasteiger partial charge is 0.496 e. The summed E-state index contributed by atoms with van der Waals surface area (Å²) in [4.78, 5) is 28.1. The molecule has 1 fully saturated rings. The SMILES string of the molecule is COc1c(C)cccc1C(=O)Nc1ccc(N2CCN(C(C)=O)CC2)c(Cl)c1. The number of ether oxygens (including phenoxy) is 1. The average Bonchev–Trinajstić information content (AvgIpc) is 2.68. The summed E-state index contributed by atoms with van der Waals surface area (Å²) in [5.74, 6) is 0.404. The second-order valence-electron chi connectivity index (χ2n) is 6.77. The maximum absolute atomic E-state index is 12.7. The van der Waals surface area contributed by atoms with Gasteiger partial charge in [0.25, 0.3) is 5.91 Å². The Morgan fingerprint density at radius 1 is 1.11 bits per heavy atom. The molecule has 0 unspecified atom stereocenters. The smallest absolute Gasteiger partial charge is 0.259 e. The van der Waals surface area contributed by atoms with E-state index in [1.165, 1.54) is 0 Å². The normalized spacial score (nSPS) is 14.0. The number of rotatable bonds is 4. The van der Waals surface area contributed by atoms with Crippen LogP contribution < -0.4 is 15.0 Å². The molecule has 0 atom stereocenters. The Bertz CT molecular complexity index is 892. The second-order valence-corrected chi connectivity index (χ2v) is 7.18. The molecule has 7 heteroatoms. The number of hydrogen-bond acceptors (Lipinski definition) is 4. The first-order valence-corrected chi connectivity index (χ1v) is 9.53. The van der Waals surface area contributed by atoms with Crippen LogP contribution in [0.2, 0.25) is 5.02 Å². The molecule has 28 heavy (non-hydrogen) atoms. The molecule has 0 aromatic heterocycles. The van der Waals surface area contributed by atoms with E-state index in [0.29, 0.717) is 35.1 Å². The van der Waals surface area contributed by atoms with Crippen LogP contribution in [-0.2, 0) is 4.79 Å². The van der Waals surface area contributed by atoms with Crippen molar-refractivity contribution < 1.29 is 14.3 Å². The molecule has 1 aliphatic heterocycles. The fourth-order valence-corrected chi connectivity index (χ4v) is 3.70. The van der Waals surface area contributed by atoms with Crippen molar-refractivity contribution >= 4 is 34.8 Å². The van der Waals surface area contributed by atoms with E-state index in [0.717, 1.165) is 24.3 Å². The van der Waals surface area contributed by atoms with E-state index in [1.807, 2.05) is 36.1 Å². The molecule has 2 aromatic rings. The van der Waals surface area contributed by atoms with E-state index in [1.54, 1.807) is 26.2 Å². The predicted octanol–water partition coefficient (Wildman–Crippen LogP) is 3.58. The zero-order valence-corrected chi connectivity index (χ0v) is 17.0. The van der Waals surface area contributed by atoms with Crippen LogP contribution in [0, 0.1) is 6.92 Å². The van der Waals surface area contributed by atoms with Gasteiger partial charge in [0.2, 0.25) is 5.91 Å². The molecule has 0 saturated carbocycles. The minimum absolute atomic E-state index is 0.0929. The predicted molar refractivity (Wildman–Crippen MR) is 112 cm³/mol. The first-order chi connectivity index (χ1) is 13.4. The van der Waals surface area contributed by atoms with Gasteiger partial charge in [-0.25, -0.2) is 0 Å². The summed E-state index contributed by atoms with van der Waals surface area (Å²) >= 11 is 6.48. The van der Waals surface area contributed by atoms with Crippen molar-refractivity contribution in [2.75, 3.05) is 43.5 Å². The summed E-state index contributed by atoms with van der Waals surface area (Å²) in [6.45, 7) is 6.29. The molecule has 6 nitrogen and oxygen atoms in total. The van der Waals surface area contributed by atoms with Crippen molar-refractivity contribution in [3.05, 3.63) is 52.5 Å². The molecule has 1 aliphatic rings. The molecule has 1 saturated heterocycles. The van der Waals surface area contributed by atoms with Crippen LogP contribution in [0.5, 0.6) is 5.75 Å². The number of carbonyl (C=O) groups excluding carboxylic acids is 2. The third-order valence-corrected chi connectivity index (χ3v) is 5.23. The number of aryl methyl sites for hydroxylation is 1. The van der Waals surface area contributed by atoms with Gasteiger partial charge in [0.15, 0.2) is 0 Å². The van der Waals surface area contributed by atoms with E-state index in [2.05, 4.69) is 10.2 Å². The lowest BCUT2D eigenvalue weighted by Crippen LogP contribution is -2.48. The minimum Gasteiger partial charge on any atom is -0.496 e. The summed E-state index contributed by atoms with van der Waals surface area (Å²) in [5.41, 5.74) is 2.89. The molecular weight excluding hydrogens is 378 g/mol. The van der Waals surface area contributed by atoms with Crippen LogP contribution in [0.3, 0.4) is 0 Å². The average molecular weight is 402 g/mol. The molecule has 2 amide bonds. The monoisotopic (exact) mass is 401 g/mol. The Morgan fingerprint density at radius 2 is 1.82 bits per heavy atom. The molecule has 0 spiro atoms. The fourth-order valence-electron chi connectivity index (χ4n) is 3.40. The van der Waals surface area contributed by atoms with E-state index >= 15 is 0 Å². The number of amides is 2. The molecule has 0 aliphatic carbocycles. The third-order valence-electron chi connectivity index (χ3n) is 4.93. The van der Waals surface area contributed by atoms with Gasteiger partial charge in [-0.3, -0.25) is 9.59 Å². The number of benzene rings is 2. The van der Waals surface area contributed by atoms with Crippen LogP contribution in [0.4, 0.5) is 11.4 Å². The van der Waals surface area contributed by atoms with Crippen molar-refractivity contribution in [2.24, 2.45) is 0 Å². The number of anilines is 2. The summed E-state index contributed by atoms with van der Waals surface area (Å²) in [6.07, 6.45) is 0. The highest BCUT2D eigenvalue weighted by Crippen LogP contribution is 2.30. The molecule has 2 aromatic carbocycles. The molecule has 3 rings (SSSR count). The van der Waals surface area contributed by atoms with Gasteiger partial charge >= 0.3 is 0 Å². The Labute approximate surface area is 170 Å². The Balaban J connectivity index is 1.72. The highest BCUT2D eigenvalue weighted by molar-refractivity contribution is 6.33. The number of methoxy groups -OCH3 is 1. The highest BCUT2D eigenvalue weighted by Gasteiger charge is 2.21. The Morgan fingerprint density at radius 3 is 2.43 bits per heavy atom. The lowest BCUT2D eigenvalue weighted by Gasteiger charge is -2.36. The lowest BCUT2D eigenvalue weighted by molar-refractivity contribution is -0.129. The highest BCUT2D eigenvalue weighted by atomic mass is 35.5. The number of hydrogen-bond donors (Lipinski definition) is 1. The maximum atomic E-state index is 12.7. The summed E-state index contributed by atoms with van der Waals surface area (Å²) in [6, 6.07) is 10.9. The molecule has 0 bridgehead atoms. The standard InChI is InChI=1S/C21H24ClN3O3/c1-14-5-4-6-17(20(14)28-3)21(27)23-16-7-8-19(18(22)13-16)25-11-9-24(10-12-25)15(2)26/h4-8,13H,9-12H2,1-3H3,(H,23,27). The third kappa shape index (κ3) is 4.22. The first kappa shape index (κ1) is 20.0. The maximum Gasteiger partial charge on any atom is 0.259 e. The lowest BCUT2D eigenvalue weighted by atomic mass is 10.1. The quantitative estimate of drug-likeness (QED) is 0.850. The number of nitrogens with zero attached hydrogens (tertiary/aromatic N) is 2. The van der Waals surface area contributed by atoms with E-state index in [9.17, 15) is 9.59 Å². The summed E-state index contributed by atoms with van der Waals surface area (Å²) in [7, 11) is 1.55. The number of piperazine rings is 1. The topological polar surface area (TPSA) is 61.9 Å². The van der Waals surface area contributed by atoms with Gasteiger partial charge in [0.05, 0.1) is 23.4 Å². The molecule has 0 radical (unpaired) electrons. The number of nitrogens with one attached hydrogen (secondary N) is 1. The van der Waals surface area contributed by atoms with Gasteiger partial charge in [0.1, 0.15) is 5.75 Å². The van der Waals surface area contributed by atoms with Gasteiger partial charge in [-0.05, 0) is 36.8 Å². The number of carbonyl (C=O) groups is 2. The van der Waals surface area contributed by atoms with E-state index in [4.69, 9.17) is 16.3 Å². The van der Waals surface area contributed by atoms with Crippen LogP contribution in [0.15, 0.2) is 36.4 Å². The number of para-hydroxylation sites is 1. The van der Waals surface area contributed by atoms with Crippen LogP contribution in [0.25, 0.3) is 0 Å². The van der Waals surface area contributed by atoms with Gasteiger partial charge in [-0.1, -0.05) is 23.7 Å². The van der Waals surface area contributed by atoms with Crippen molar-refractivity contribution in [3.8, 4) is 5.75 Å². The minimum atomic E-state index is -0.251. The van der Waals surface area contributed by atoms with Crippen LogP contribution in [-0.4, -0.2) is 50.0 Å². The Kier molecular flexibility index (Phi) is 6.09. The Hall–Kier alpha value is -2.73. The van der Waals surface area contributed by atoms with Crippen molar-refractivity contribution in [1.29, 1.82) is 0 Å². The van der Waals surface area contributed by atoms with Gasteiger partial charge < -0.3 is 19.9 Å². The molecule has 1 N–H and O–H groups in total. The van der Waals surface area contributed by atoms with Crippen LogP contribution >= 0.6 is 11.6 Å². The fraction of sp³-hybridized carbons (Fsp3) is 0.333. The van der Waals surface area contributed by atoms with Gasteiger partial charge in [-0.2, -0.15) is 0 Å². The van der Waals surface area contributed by atoms with Crippen molar-refractivity contribution in [3.63, 3.8) is 0 Å². The first-order valence-electron chi connectivity index (χ1n) is 9.15. The molecular formula is C21H24ClN3O3. The van der Waals surface area contributed by atoms with E-state index in [-0.39, 0.29) is 11.8 Å². The van der Waals surface area contributed by atoms with Gasteiger partial charge in [-0.15, -0.1) is 0 Å². The molecule has 1 heterocycles. The second kappa shape index (κ2) is 8.52. The van der Waals surface area contributed by atoms with Crippen molar-refractivity contribution in [1.82, 2.24) is 4.90 Å². The van der Waals surface area contributed by atoms with Crippen LogP contribution in [0.1, 0.15) is 22.8 Å². The summed E-state index contributed by atoms with van der Waals surface area (Å²) in [5, 5.41) is 3.44. The zero-order valence-electron chi connectivity index (χ0n) is 16.3. The van der Waals surface area contributed by atoms with E-state index < -0.39 is 0 Å². The van der Waals surface area contributed by atoms with Gasteiger partial charge in [0, 0.05) is 38.8 Å². The van der Waals surface area contributed by atoms with Crippen molar-refractivity contribution in [2.45, 2.75) is 13.8 Å². The number of halogens is 1. The summed E-state index contributed by atoms with van der Waals surface area (Å²) < 4.78 is 5.36. The zero-order chi connectivity index (χ0) is 20.3. The molecule has 148 valence electrons.